The molecule has 2 aromatic rings. The van der Waals surface area contributed by atoms with E-state index < -0.39 is 0 Å². The summed E-state index contributed by atoms with van der Waals surface area (Å²) in [6, 6.07) is 4.15. The lowest BCUT2D eigenvalue weighted by molar-refractivity contribution is 0.414. The number of benzene rings is 1. The highest BCUT2D eigenvalue weighted by Crippen LogP contribution is 2.39. The molecule has 0 saturated carbocycles. The first kappa shape index (κ1) is 10.3. The Balaban J connectivity index is 2.76. The number of hydrogen-bond donors (Lipinski definition) is 0. The van der Waals surface area contributed by atoms with Crippen LogP contribution in [0.4, 0.5) is 0 Å². The first-order valence-electron chi connectivity index (χ1n) is 4.05. The van der Waals surface area contributed by atoms with Crippen molar-refractivity contribution in [1.29, 1.82) is 0 Å². The quantitative estimate of drug-likeness (QED) is 0.758. The molecular weight excluding hydrogens is 280 g/mol. The van der Waals surface area contributed by atoms with Crippen LogP contribution in [0.5, 0.6) is 5.75 Å². The van der Waals surface area contributed by atoms with E-state index in [2.05, 4.69) is 39.7 Å². The Labute approximate surface area is 99.6 Å². The Morgan fingerprint density at radius 3 is 2.86 bits per heavy atom. The minimum Gasteiger partial charge on any atom is -0.497 e. The predicted molar refractivity (Wildman–Crippen MR) is 67.9 cm³/mol. The lowest BCUT2D eigenvalue weighted by Gasteiger charge is -2.04. The van der Waals surface area contributed by atoms with Gasteiger partial charge in [0.05, 0.1) is 7.11 Å². The SMILES string of the molecule is COc1cc(SC)c2c(Br)csc2c1. The van der Waals surface area contributed by atoms with Gasteiger partial charge in [0.15, 0.2) is 0 Å². The van der Waals surface area contributed by atoms with E-state index in [-0.39, 0.29) is 0 Å². The van der Waals surface area contributed by atoms with Crippen molar-refractivity contribution in [3.63, 3.8) is 0 Å². The molecule has 0 fully saturated rings. The summed E-state index contributed by atoms with van der Waals surface area (Å²) < 4.78 is 7.69. The molecule has 0 atom stereocenters. The highest BCUT2D eigenvalue weighted by Gasteiger charge is 2.08. The molecule has 0 aliphatic carbocycles. The fourth-order valence-corrected chi connectivity index (χ4v) is 3.91. The normalized spacial score (nSPS) is 10.8. The van der Waals surface area contributed by atoms with Crippen molar-refractivity contribution in [1.82, 2.24) is 0 Å². The van der Waals surface area contributed by atoms with Gasteiger partial charge >= 0.3 is 0 Å². The van der Waals surface area contributed by atoms with E-state index in [4.69, 9.17) is 4.74 Å². The van der Waals surface area contributed by atoms with Gasteiger partial charge in [0.25, 0.3) is 0 Å². The van der Waals surface area contributed by atoms with Gasteiger partial charge in [-0.3, -0.25) is 0 Å². The maximum atomic E-state index is 5.25. The van der Waals surface area contributed by atoms with Crippen molar-refractivity contribution >= 4 is 49.1 Å². The number of fused-ring (bicyclic) bond motifs is 1. The predicted octanol–water partition coefficient (Wildman–Crippen LogP) is 4.39. The van der Waals surface area contributed by atoms with E-state index in [0.29, 0.717) is 0 Å². The molecule has 1 aromatic carbocycles. The summed E-state index contributed by atoms with van der Waals surface area (Å²) in [4.78, 5) is 1.26. The lowest BCUT2D eigenvalue weighted by Crippen LogP contribution is -1.83. The van der Waals surface area contributed by atoms with E-state index in [1.807, 2.05) is 0 Å². The van der Waals surface area contributed by atoms with E-state index in [1.165, 1.54) is 19.5 Å². The average Bonchev–Trinajstić information content (AvgIpc) is 2.59. The Morgan fingerprint density at radius 1 is 1.43 bits per heavy atom. The molecule has 74 valence electrons. The molecule has 0 spiro atoms. The van der Waals surface area contributed by atoms with E-state index in [0.717, 1.165) is 5.75 Å². The molecular formula is C10H9BrOS2. The number of thiophene rings is 1. The molecule has 0 saturated heterocycles. The third kappa shape index (κ3) is 1.66. The van der Waals surface area contributed by atoms with Gasteiger partial charge in [0.1, 0.15) is 5.75 Å². The number of ether oxygens (including phenoxy) is 1. The Hall–Kier alpha value is -0.190. The van der Waals surface area contributed by atoms with Gasteiger partial charge in [-0.2, -0.15) is 0 Å². The van der Waals surface area contributed by atoms with Crippen LogP contribution in [0.25, 0.3) is 10.1 Å². The second kappa shape index (κ2) is 4.13. The van der Waals surface area contributed by atoms with Crippen molar-refractivity contribution in [2.24, 2.45) is 0 Å². The summed E-state index contributed by atoms with van der Waals surface area (Å²) in [6.45, 7) is 0. The first-order chi connectivity index (χ1) is 6.76. The lowest BCUT2D eigenvalue weighted by atomic mass is 10.2. The van der Waals surface area contributed by atoms with Crippen LogP contribution < -0.4 is 4.74 Å². The molecule has 2 rings (SSSR count). The van der Waals surface area contributed by atoms with Crippen molar-refractivity contribution < 1.29 is 4.74 Å². The van der Waals surface area contributed by atoms with Crippen molar-refractivity contribution in [2.75, 3.05) is 13.4 Å². The number of methoxy groups -OCH3 is 1. The van der Waals surface area contributed by atoms with Crippen LogP contribution in [0.3, 0.4) is 0 Å². The summed E-state index contributed by atoms with van der Waals surface area (Å²) in [5.41, 5.74) is 0. The van der Waals surface area contributed by atoms with Crippen LogP contribution in [0.1, 0.15) is 0 Å². The number of rotatable bonds is 2. The Kier molecular flexibility index (Phi) is 3.04. The zero-order valence-corrected chi connectivity index (χ0v) is 11.1. The average molecular weight is 289 g/mol. The van der Waals surface area contributed by atoms with Crippen molar-refractivity contribution in [3.8, 4) is 5.75 Å². The van der Waals surface area contributed by atoms with Gasteiger partial charge < -0.3 is 4.74 Å². The highest BCUT2D eigenvalue weighted by molar-refractivity contribution is 9.10. The van der Waals surface area contributed by atoms with Crippen LogP contribution in [0.15, 0.2) is 26.9 Å². The molecule has 0 N–H and O–H groups in total. The maximum Gasteiger partial charge on any atom is 0.121 e. The van der Waals surface area contributed by atoms with Crippen LogP contribution in [0, 0.1) is 0 Å². The first-order valence-corrected chi connectivity index (χ1v) is 6.94. The van der Waals surface area contributed by atoms with Gasteiger partial charge in [-0.15, -0.1) is 23.1 Å². The standard InChI is InChI=1S/C10H9BrOS2/c1-12-6-3-8(13-2)10-7(11)5-14-9(10)4-6/h3-5H,1-2H3. The number of thioether (sulfide) groups is 1. The molecule has 4 heteroatoms. The maximum absolute atomic E-state index is 5.25. The summed E-state index contributed by atoms with van der Waals surface area (Å²) >= 11 is 7.04. The topological polar surface area (TPSA) is 9.23 Å². The smallest absolute Gasteiger partial charge is 0.121 e. The van der Waals surface area contributed by atoms with Crippen molar-refractivity contribution in [3.05, 3.63) is 22.0 Å². The van der Waals surface area contributed by atoms with E-state index >= 15 is 0 Å². The van der Waals surface area contributed by atoms with E-state index in [1.54, 1.807) is 30.2 Å². The molecule has 0 bridgehead atoms. The zero-order chi connectivity index (χ0) is 10.1. The van der Waals surface area contributed by atoms with Crippen LogP contribution >= 0.6 is 39.0 Å². The van der Waals surface area contributed by atoms with Gasteiger partial charge in [0.2, 0.25) is 0 Å². The highest BCUT2D eigenvalue weighted by atomic mass is 79.9. The molecule has 1 nitrogen and oxygen atoms in total. The largest absolute Gasteiger partial charge is 0.497 e. The summed E-state index contributed by atoms with van der Waals surface area (Å²) in [7, 11) is 1.70. The second-order valence-electron chi connectivity index (χ2n) is 2.79. The molecule has 0 amide bonds. The van der Waals surface area contributed by atoms with E-state index in [9.17, 15) is 0 Å². The van der Waals surface area contributed by atoms with Gasteiger partial charge in [-0.25, -0.2) is 0 Å². The minimum atomic E-state index is 0.927. The number of hydrogen-bond acceptors (Lipinski definition) is 3. The molecule has 0 aliphatic heterocycles. The van der Waals surface area contributed by atoms with Crippen molar-refractivity contribution in [2.45, 2.75) is 4.90 Å². The molecule has 14 heavy (non-hydrogen) atoms. The second-order valence-corrected chi connectivity index (χ2v) is 5.40. The van der Waals surface area contributed by atoms with Gasteiger partial charge in [-0.1, -0.05) is 0 Å². The summed E-state index contributed by atoms with van der Waals surface area (Å²) in [5, 5.41) is 3.41. The minimum absolute atomic E-state index is 0.927. The molecule has 0 unspecified atom stereocenters. The zero-order valence-electron chi connectivity index (χ0n) is 7.83. The fraction of sp³-hybridized carbons (Fsp3) is 0.200. The van der Waals surface area contributed by atoms with Crippen LogP contribution in [-0.2, 0) is 0 Å². The monoisotopic (exact) mass is 288 g/mol. The number of halogens is 1. The summed E-state index contributed by atoms with van der Waals surface area (Å²) in [6.07, 6.45) is 2.08. The Bertz CT molecular complexity index is 464. The van der Waals surface area contributed by atoms with Crippen LogP contribution in [0.2, 0.25) is 0 Å². The van der Waals surface area contributed by atoms with Gasteiger partial charge in [0, 0.05) is 24.8 Å². The third-order valence-electron chi connectivity index (χ3n) is 2.02. The van der Waals surface area contributed by atoms with Crippen LogP contribution in [-0.4, -0.2) is 13.4 Å². The van der Waals surface area contributed by atoms with Gasteiger partial charge in [-0.05, 0) is 34.3 Å². The molecule has 0 radical (unpaired) electrons. The molecule has 1 heterocycles. The fourth-order valence-electron chi connectivity index (χ4n) is 1.35. The Morgan fingerprint density at radius 2 is 2.21 bits per heavy atom. The third-order valence-corrected chi connectivity index (χ3v) is 4.64. The molecule has 1 aromatic heterocycles. The summed E-state index contributed by atoms with van der Waals surface area (Å²) in [5.74, 6) is 0.927. The molecule has 0 aliphatic rings.